The van der Waals surface area contributed by atoms with E-state index in [1.807, 2.05) is 31.2 Å². The lowest BCUT2D eigenvalue weighted by Crippen LogP contribution is -2.03. The zero-order valence-corrected chi connectivity index (χ0v) is 12.1. The number of nitrogens with one attached hydrogen (secondary N) is 1. The van der Waals surface area contributed by atoms with E-state index in [0.29, 0.717) is 17.5 Å². The fourth-order valence-corrected chi connectivity index (χ4v) is 2.63. The second kappa shape index (κ2) is 6.15. The summed E-state index contributed by atoms with van der Waals surface area (Å²) in [4.78, 5) is 8.93. The normalized spacial score (nSPS) is 10.4. The molecule has 0 fully saturated rings. The van der Waals surface area contributed by atoms with Crippen molar-refractivity contribution in [2.75, 3.05) is 11.9 Å². The van der Waals surface area contributed by atoms with Crippen molar-refractivity contribution in [1.29, 1.82) is 0 Å². The van der Waals surface area contributed by atoms with Crippen LogP contribution in [0.4, 0.5) is 10.3 Å². The monoisotopic (exact) mass is 327 g/mol. The molecule has 0 amide bonds. The first-order valence-corrected chi connectivity index (χ1v) is 7.00. The molecule has 6 heteroatoms. The van der Waals surface area contributed by atoms with Crippen LogP contribution in [0.1, 0.15) is 6.92 Å². The summed E-state index contributed by atoms with van der Waals surface area (Å²) in [6.45, 7) is 2.64. The fourth-order valence-electron chi connectivity index (χ4n) is 1.30. The molecular weight excluding hydrogens is 317 g/mol. The highest BCUT2D eigenvalue weighted by molar-refractivity contribution is 9.10. The molecule has 0 atom stereocenters. The second-order valence-electron chi connectivity index (χ2n) is 3.41. The maximum absolute atomic E-state index is 13.6. The Hall–Kier alpha value is -1.14. The van der Waals surface area contributed by atoms with Crippen molar-refractivity contribution in [2.24, 2.45) is 0 Å². The molecule has 1 heterocycles. The summed E-state index contributed by atoms with van der Waals surface area (Å²) >= 11 is 4.69. The van der Waals surface area contributed by atoms with Gasteiger partial charge in [-0.15, -0.1) is 0 Å². The van der Waals surface area contributed by atoms with Crippen LogP contribution in [0.15, 0.2) is 44.9 Å². The minimum atomic E-state index is -0.419. The average Bonchev–Trinajstić information content (AvgIpc) is 2.36. The molecule has 0 aliphatic rings. The molecule has 0 saturated carbocycles. The first-order valence-electron chi connectivity index (χ1n) is 5.39. The van der Waals surface area contributed by atoms with Crippen LogP contribution >= 0.6 is 27.7 Å². The predicted octanol–water partition coefficient (Wildman–Crippen LogP) is 3.96. The third-order valence-electron chi connectivity index (χ3n) is 2.09. The standard InChI is InChI=1S/C12H11BrFN3S/c1-2-15-12-16-7-9(14)11(17-12)18-10-6-4-3-5-8(10)13/h3-7H,2H2,1H3,(H,15,16,17). The highest BCUT2D eigenvalue weighted by atomic mass is 79.9. The van der Waals surface area contributed by atoms with Gasteiger partial charge in [0, 0.05) is 15.9 Å². The first-order chi connectivity index (χ1) is 8.70. The van der Waals surface area contributed by atoms with Crippen LogP contribution in [-0.4, -0.2) is 16.5 Å². The highest BCUT2D eigenvalue weighted by Gasteiger charge is 2.10. The number of anilines is 1. The number of hydrogen-bond acceptors (Lipinski definition) is 4. The molecule has 1 aromatic heterocycles. The van der Waals surface area contributed by atoms with Gasteiger partial charge in [-0.2, -0.15) is 0 Å². The van der Waals surface area contributed by atoms with E-state index in [0.717, 1.165) is 9.37 Å². The van der Waals surface area contributed by atoms with Gasteiger partial charge in [0.15, 0.2) is 5.82 Å². The van der Waals surface area contributed by atoms with Gasteiger partial charge in [0.2, 0.25) is 5.95 Å². The average molecular weight is 328 g/mol. The maximum Gasteiger partial charge on any atom is 0.223 e. The van der Waals surface area contributed by atoms with E-state index in [9.17, 15) is 4.39 Å². The summed E-state index contributed by atoms with van der Waals surface area (Å²) in [5, 5.41) is 3.27. The molecule has 2 aromatic rings. The Morgan fingerprint density at radius 1 is 1.39 bits per heavy atom. The number of nitrogens with zero attached hydrogens (tertiary/aromatic N) is 2. The van der Waals surface area contributed by atoms with Crippen LogP contribution in [0.2, 0.25) is 0 Å². The van der Waals surface area contributed by atoms with Crippen LogP contribution in [0.5, 0.6) is 0 Å². The van der Waals surface area contributed by atoms with E-state index >= 15 is 0 Å². The Morgan fingerprint density at radius 3 is 2.89 bits per heavy atom. The summed E-state index contributed by atoms with van der Waals surface area (Å²) in [6, 6.07) is 7.63. The summed E-state index contributed by atoms with van der Waals surface area (Å²) in [7, 11) is 0. The molecule has 1 N–H and O–H groups in total. The molecule has 0 bridgehead atoms. The van der Waals surface area contributed by atoms with Gasteiger partial charge in [0.1, 0.15) is 5.03 Å². The van der Waals surface area contributed by atoms with Gasteiger partial charge >= 0.3 is 0 Å². The van der Waals surface area contributed by atoms with Crippen molar-refractivity contribution < 1.29 is 4.39 Å². The molecule has 0 unspecified atom stereocenters. The maximum atomic E-state index is 13.6. The smallest absolute Gasteiger partial charge is 0.223 e. The van der Waals surface area contributed by atoms with Crippen molar-refractivity contribution in [3.05, 3.63) is 40.8 Å². The Labute approximate surface area is 117 Å². The van der Waals surface area contributed by atoms with Gasteiger partial charge in [-0.3, -0.25) is 0 Å². The van der Waals surface area contributed by atoms with Gasteiger partial charge in [-0.25, -0.2) is 14.4 Å². The number of halogens is 2. The molecule has 1 aromatic carbocycles. The van der Waals surface area contributed by atoms with Crippen molar-refractivity contribution in [3.8, 4) is 0 Å². The van der Waals surface area contributed by atoms with Crippen molar-refractivity contribution in [2.45, 2.75) is 16.8 Å². The lowest BCUT2D eigenvalue weighted by molar-refractivity contribution is 0.580. The van der Waals surface area contributed by atoms with Gasteiger partial charge < -0.3 is 5.32 Å². The summed E-state index contributed by atoms with van der Waals surface area (Å²) in [5.41, 5.74) is 0. The number of benzene rings is 1. The predicted molar refractivity (Wildman–Crippen MR) is 74.4 cm³/mol. The van der Waals surface area contributed by atoms with Crippen LogP contribution in [-0.2, 0) is 0 Å². The highest BCUT2D eigenvalue weighted by Crippen LogP contribution is 2.33. The Morgan fingerprint density at radius 2 is 2.17 bits per heavy atom. The summed E-state index contributed by atoms with van der Waals surface area (Å²) in [5.74, 6) is 0.0193. The molecule has 0 spiro atoms. The van der Waals surface area contributed by atoms with Crippen LogP contribution in [0.25, 0.3) is 0 Å². The minimum absolute atomic E-state index is 0.313. The first kappa shape index (κ1) is 13.3. The molecule has 0 saturated heterocycles. The molecule has 0 radical (unpaired) electrons. The van der Waals surface area contributed by atoms with E-state index in [-0.39, 0.29) is 0 Å². The van der Waals surface area contributed by atoms with E-state index in [1.165, 1.54) is 18.0 Å². The zero-order valence-electron chi connectivity index (χ0n) is 9.65. The lowest BCUT2D eigenvalue weighted by atomic mass is 10.4. The Bertz CT molecular complexity index is 551. The SMILES string of the molecule is CCNc1ncc(F)c(Sc2ccccc2Br)n1. The quantitative estimate of drug-likeness (QED) is 0.862. The zero-order chi connectivity index (χ0) is 13.0. The topological polar surface area (TPSA) is 37.8 Å². The molecule has 0 aliphatic heterocycles. The number of hydrogen-bond donors (Lipinski definition) is 1. The number of aromatic nitrogens is 2. The van der Waals surface area contributed by atoms with Crippen molar-refractivity contribution in [3.63, 3.8) is 0 Å². The van der Waals surface area contributed by atoms with E-state index in [2.05, 4.69) is 31.2 Å². The van der Waals surface area contributed by atoms with E-state index < -0.39 is 5.82 Å². The second-order valence-corrected chi connectivity index (χ2v) is 5.29. The van der Waals surface area contributed by atoms with Gasteiger partial charge in [-0.05, 0) is 35.0 Å². The Kier molecular flexibility index (Phi) is 4.54. The van der Waals surface area contributed by atoms with Crippen LogP contribution in [0.3, 0.4) is 0 Å². The van der Waals surface area contributed by atoms with Crippen molar-refractivity contribution >= 4 is 33.6 Å². The molecule has 18 heavy (non-hydrogen) atoms. The fraction of sp³-hybridized carbons (Fsp3) is 0.167. The summed E-state index contributed by atoms with van der Waals surface area (Å²) in [6.07, 6.45) is 1.18. The summed E-state index contributed by atoms with van der Waals surface area (Å²) < 4.78 is 14.6. The van der Waals surface area contributed by atoms with Gasteiger partial charge in [-0.1, -0.05) is 23.9 Å². The molecule has 3 nitrogen and oxygen atoms in total. The molecule has 0 aliphatic carbocycles. The third-order valence-corrected chi connectivity index (χ3v) is 4.10. The largest absolute Gasteiger partial charge is 0.354 e. The molecule has 94 valence electrons. The van der Waals surface area contributed by atoms with E-state index in [1.54, 1.807) is 0 Å². The Balaban J connectivity index is 2.28. The molecule has 2 rings (SSSR count). The molecular formula is C12H11BrFN3S. The lowest BCUT2D eigenvalue weighted by Gasteiger charge is -2.06. The number of rotatable bonds is 4. The minimum Gasteiger partial charge on any atom is -0.354 e. The van der Waals surface area contributed by atoms with Gasteiger partial charge in [0.25, 0.3) is 0 Å². The van der Waals surface area contributed by atoms with Crippen molar-refractivity contribution in [1.82, 2.24) is 9.97 Å². The van der Waals surface area contributed by atoms with Crippen LogP contribution in [0, 0.1) is 5.82 Å². The van der Waals surface area contributed by atoms with Gasteiger partial charge in [0.05, 0.1) is 6.20 Å². The van der Waals surface area contributed by atoms with E-state index in [4.69, 9.17) is 0 Å². The third kappa shape index (κ3) is 3.20. The van der Waals surface area contributed by atoms with Crippen LogP contribution < -0.4 is 5.32 Å².